The molecular formula is C17H23Cl2N3O4S. The topological polar surface area (TPSA) is 90.0 Å². The van der Waals surface area contributed by atoms with Crippen molar-refractivity contribution in [3.05, 3.63) is 28.2 Å². The molecule has 1 aromatic rings. The predicted octanol–water partition coefficient (Wildman–Crippen LogP) is 2.31. The Morgan fingerprint density at radius 1 is 1.11 bits per heavy atom. The van der Waals surface area contributed by atoms with Crippen molar-refractivity contribution in [1.29, 1.82) is 0 Å². The van der Waals surface area contributed by atoms with E-state index in [1.54, 1.807) is 11.0 Å². The number of carbonyl (C=O) groups is 1. The van der Waals surface area contributed by atoms with E-state index in [9.17, 15) is 18.3 Å². The molecule has 7 nitrogen and oxygen atoms in total. The van der Waals surface area contributed by atoms with Crippen LogP contribution in [0.3, 0.4) is 0 Å². The van der Waals surface area contributed by atoms with Gasteiger partial charge in [-0.3, -0.25) is 0 Å². The molecule has 0 spiro atoms. The summed E-state index contributed by atoms with van der Waals surface area (Å²) >= 11 is 12.2. The molecular weight excluding hydrogens is 413 g/mol. The minimum Gasteiger partial charge on any atom is -0.393 e. The summed E-state index contributed by atoms with van der Waals surface area (Å²) in [5.41, 5.74) is 0. The van der Waals surface area contributed by atoms with Crippen LogP contribution in [0.15, 0.2) is 23.1 Å². The van der Waals surface area contributed by atoms with E-state index in [1.807, 2.05) is 0 Å². The summed E-state index contributed by atoms with van der Waals surface area (Å²) in [6.45, 7) is 1.52. The first kappa shape index (κ1) is 20.7. The van der Waals surface area contributed by atoms with Crippen LogP contribution in [0, 0.1) is 0 Å². The van der Waals surface area contributed by atoms with Gasteiger partial charge in [-0.25, -0.2) is 13.2 Å². The fourth-order valence-electron chi connectivity index (χ4n) is 3.47. The van der Waals surface area contributed by atoms with Gasteiger partial charge in [-0.2, -0.15) is 4.31 Å². The van der Waals surface area contributed by atoms with Gasteiger partial charge in [-0.15, -0.1) is 0 Å². The summed E-state index contributed by atoms with van der Waals surface area (Å²) in [5, 5.41) is 12.6. The zero-order valence-corrected chi connectivity index (χ0v) is 17.1. The van der Waals surface area contributed by atoms with Crippen molar-refractivity contribution in [2.24, 2.45) is 0 Å². The number of benzene rings is 1. The molecule has 0 aliphatic carbocycles. The maximum absolute atomic E-state index is 13.0. The average Bonchev–Trinajstić information content (AvgIpc) is 2.62. The predicted molar refractivity (Wildman–Crippen MR) is 104 cm³/mol. The molecule has 2 aliphatic heterocycles. The van der Waals surface area contributed by atoms with Gasteiger partial charge in [0.05, 0.1) is 16.1 Å². The third-order valence-corrected chi connectivity index (χ3v) is 7.80. The lowest BCUT2D eigenvalue weighted by Crippen LogP contribution is -2.54. The highest BCUT2D eigenvalue weighted by Gasteiger charge is 2.34. The molecule has 3 rings (SSSR count). The number of nitrogens with zero attached hydrogens (tertiary/aromatic N) is 2. The molecule has 2 amide bonds. The molecule has 1 aromatic carbocycles. The van der Waals surface area contributed by atoms with Gasteiger partial charge in [0.15, 0.2) is 0 Å². The molecule has 2 fully saturated rings. The second-order valence-electron chi connectivity index (χ2n) is 6.92. The highest BCUT2D eigenvalue weighted by atomic mass is 35.5. The minimum atomic E-state index is -3.85. The van der Waals surface area contributed by atoms with E-state index in [4.69, 9.17) is 23.2 Å². The molecule has 2 saturated heterocycles. The quantitative estimate of drug-likeness (QED) is 0.761. The largest absolute Gasteiger partial charge is 0.393 e. The van der Waals surface area contributed by atoms with Crippen molar-refractivity contribution in [2.75, 3.05) is 26.2 Å². The number of aliphatic hydroxyl groups is 1. The van der Waals surface area contributed by atoms with E-state index in [1.165, 1.54) is 16.4 Å². The first-order valence-electron chi connectivity index (χ1n) is 8.96. The van der Waals surface area contributed by atoms with Gasteiger partial charge in [0, 0.05) is 32.2 Å². The molecule has 0 aromatic heterocycles. The Kier molecular flexibility index (Phi) is 6.53. The van der Waals surface area contributed by atoms with E-state index in [0.717, 1.165) is 0 Å². The smallest absolute Gasteiger partial charge is 0.317 e. The van der Waals surface area contributed by atoms with Crippen molar-refractivity contribution in [3.8, 4) is 0 Å². The Bertz CT molecular complexity index is 777. The van der Waals surface area contributed by atoms with Crippen LogP contribution in [-0.2, 0) is 10.0 Å². The number of hydrogen-bond donors (Lipinski definition) is 2. The zero-order chi connectivity index (χ0) is 19.6. The van der Waals surface area contributed by atoms with Crippen molar-refractivity contribution in [3.63, 3.8) is 0 Å². The van der Waals surface area contributed by atoms with E-state index >= 15 is 0 Å². The van der Waals surface area contributed by atoms with E-state index in [2.05, 4.69) is 5.32 Å². The van der Waals surface area contributed by atoms with Gasteiger partial charge >= 0.3 is 6.03 Å². The van der Waals surface area contributed by atoms with Crippen molar-refractivity contribution >= 4 is 39.3 Å². The van der Waals surface area contributed by atoms with Gasteiger partial charge < -0.3 is 15.3 Å². The lowest BCUT2D eigenvalue weighted by molar-refractivity contribution is 0.0920. The van der Waals surface area contributed by atoms with E-state index in [-0.39, 0.29) is 39.7 Å². The molecule has 150 valence electrons. The zero-order valence-electron chi connectivity index (χ0n) is 14.8. The van der Waals surface area contributed by atoms with Crippen molar-refractivity contribution in [1.82, 2.24) is 14.5 Å². The van der Waals surface area contributed by atoms with Crippen LogP contribution in [0.2, 0.25) is 10.0 Å². The first-order valence-corrected chi connectivity index (χ1v) is 11.2. The Morgan fingerprint density at radius 2 is 1.74 bits per heavy atom. The summed E-state index contributed by atoms with van der Waals surface area (Å²) in [7, 11) is -3.85. The molecule has 2 N–H and O–H groups in total. The van der Waals surface area contributed by atoms with E-state index < -0.39 is 10.0 Å². The number of nitrogens with one attached hydrogen (secondary N) is 1. The van der Waals surface area contributed by atoms with Gasteiger partial charge in [0.2, 0.25) is 10.0 Å². The summed E-state index contributed by atoms with van der Waals surface area (Å²) in [5.74, 6) is 0. The molecule has 0 radical (unpaired) electrons. The minimum absolute atomic E-state index is 0.0838. The Morgan fingerprint density at radius 3 is 2.37 bits per heavy atom. The number of rotatable bonds is 3. The second kappa shape index (κ2) is 8.53. The van der Waals surface area contributed by atoms with Crippen LogP contribution in [-0.4, -0.2) is 67.1 Å². The molecule has 27 heavy (non-hydrogen) atoms. The third-order valence-electron chi connectivity index (χ3n) is 4.98. The molecule has 0 unspecified atom stereocenters. The summed E-state index contributed by atoms with van der Waals surface area (Å²) in [4.78, 5) is 14.0. The van der Waals surface area contributed by atoms with Crippen molar-refractivity contribution in [2.45, 2.75) is 42.7 Å². The normalized spacial score (nSPS) is 22.6. The number of sulfonamides is 1. The summed E-state index contributed by atoms with van der Waals surface area (Å²) in [6.07, 6.45) is 2.09. The first-order chi connectivity index (χ1) is 12.8. The van der Waals surface area contributed by atoms with Gasteiger partial charge in [0.1, 0.15) is 4.90 Å². The third kappa shape index (κ3) is 4.68. The average molecular weight is 436 g/mol. The number of hydrogen-bond acceptors (Lipinski definition) is 4. The van der Waals surface area contributed by atoms with Crippen LogP contribution in [0.25, 0.3) is 0 Å². The monoisotopic (exact) mass is 435 g/mol. The molecule has 0 bridgehead atoms. The number of likely N-dealkylation sites (tertiary alicyclic amines) is 1. The second-order valence-corrected chi connectivity index (χ2v) is 9.61. The fourth-order valence-corrected chi connectivity index (χ4v) is 6.09. The van der Waals surface area contributed by atoms with Crippen LogP contribution in [0.4, 0.5) is 4.79 Å². The molecule has 1 atom stereocenters. The van der Waals surface area contributed by atoms with Crippen LogP contribution >= 0.6 is 23.2 Å². The molecule has 2 heterocycles. The summed E-state index contributed by atoms with van der Waals surface area (Å²) < 4.78 is 27.3. The van der Waals surface area contributed by atoms with Gasteiger partial charge in [-0.1, -0.05) is 29.3 Å². The number of piperidine rings is 2. The Labute approximate surface area is 169 Å². The number of carbonyl (C=O) groups excluding carboxylic acids is 1. The SMILES string of the molecule is O=C(N[C@H]1CCCN(S(=O)(=O)c2c(Cl)cccc2Cl)C1)N1CCC(O)CC1. The Hall–Kier alpha value is -1.06. The van der Waals surface area contributed by atoms with Crippen LogP contribution in [0.5, 0.6) is 0 Å². The summed E-state index contributed by atoms with van der Waals surface area (Å²) in [6, 6.07) is 4.08. The number of amides is 2. The number of halogens is 2. The van der Waals surface area contributed by atoms with Gasteiger partial charge in [-0.05, 0) is 37.8 Å². The van der Waals surface area contributed by atoms with Crippen molar-refractivity contribution < 1.29 is 18.3 Å². The fraction of sp³-hybridized carbons (Fsp3) is 0.588. The maximum atomic E-state index is 13.0. The van der Waals surface area contributed by atoms with E-state index in [0.29, 0.717) is 45.3 Å². The highest BCUT2D eigenvalue weighted by Crippen LogP contribution is 2.32. The lowest BCUT2D eigenvalue weighted by Gasteiger charge is -2.35. The lowest BCUT2D eigenvalue weighted by atomic mass is 10.1. The molecule has 10 heteroatoms. The molecule has 2 aliphatic rings. The number of urea groups is 1. The number of aliphatic hydroxyl groups excluding tert-OH is 1. The highest BCUT2D eigenvalue weighted by molar-refractivity contribution is 7.89. The van der Waals surface area contributed by atoms with Crippen LogP contribution in [0.1, 0.15) is 25.7 Å². The maximum Gasteiger partial charge on any atom is 0.317 e. The standard InChI is InChI=1S/C17H23Cl2N3O4S/c18-14-4-1-5-15(19)16(14)27(25,26)22-8-2-3-12(11-22)20-17(24)21-9-6-13(23)7-10-21/h1,4-5,12-13,23H,2-3,6-11H2,(H,20,24)/t12-/m0/s1. The Balaban J connectivity index is 1.68. The molecule has 0 saturated carbocycles. The van der Waals surface area contributed by atoms with Gasteiger partial charge in [0.25, 0.3) is 0 Å². The van der Waals surface area contributed by atoms with Crippen LogP contribution < -0.4 is 5.32 Å².